The molecular formula is C22H19N3O6S. The van der Waals surface area contributed by atoms with Gasteiger partial charge in [0.05, 0.1) is 26.3 Å². The second-order valence-electron chi connectivity index (χ2n) is 6.92. The summed E-state index contributed by atoms with van der Waals surface area (Å²) in [6.45, 7) is -0.108. The van der Waals surface area contributed by atoms with Crippen LogP contribution in [0.4, 0.5) is 5.69 Å². The first kappa shape index (κ1) is 21.3. The summed E-state index contributed by atoms with van der Waals surface area (Å²) in [5.74, 6) is -0.293. The van der Waals surface area contributed by atoms with Gasteiger partial charge in [-0.1, -0.05) is 6.07 Å². The predicted molar refractivity (Wildman–Crippen MR) is 115 cm³/mol. The number of carbonyl (C=O) groups is 2. The van der Waals surface area contributed by atoms with E-state index >= 15 is 0 Å². The molecule has 4 rings (SSSR count). The van der Waals surface area contributed by atoms with Crippen LogP contribution in [0.25, 0.3) is 0 Å². The molecule has 0 unspecified atom stereocenters. The average Bonchev–Trinajstić information content (AvgIpc) is 3.04. The maximum Gasteiger partial charge on any atom is 0.280 e. The number of nitrogens with one attached hydrogen (secondary N) is 1. The highest BCUT2D eigenvalue weighted by atomic mass is 32.2. The van der Waals surface area contributed by atoms with Crippen molar-refractivity contribution in [3.63, 3.8) is 0 Å². The van der Waals surface area contributed by atoms with Gasteiger partial charge in [0, 0.05) is 11.9 Å². The predicted octanol–water partition coefficient (Wildman–Crippen LogP) is 2.70. The summed E-state index contributed by atoms with van der Waals surface area (Å²) in [6.07, 6.45) is 1.44. The van der Waals surface area contributed by atoms with Gasteiger partial charge < -0.3 is 9.47 Å². The molecule has 0 atom stereocenters. The lowest BCUT2D eigenvalue weighted by molar-refractivity contribution is 0.0640. The van der Waals surface area contributed by atoms with Crippen LogP contribution >= 0.6 is 0 Å². The van der Waals surface area contributed by atoms with Crippen LogP contribution in [0.1, 0.15) is 26.4 Å². The van der Waals surface area contributed by atoms with Crippen molar-refractivity contribution in [2.24, 2.45) is 0 Å². The lowest BCUT2D eigenvalue weighted by Gasteiger charge is -2.16. The Morgan fingerprint density at radius 3 is 2.38 bits per heavy atom. The van der Waals surface area contributed by atoms with E-state index in [-0.39, 0.29) is 28.4 Å². The first-order valence-electron chi connectivity index (χ1n) is 9.49. The Morgan fingerprint density at radius 1 is 0.969 bits per heavy atom. The highest BCUT2D eigenvalue weighted by molar-refractivity contribution is 7.92. The molecule has 2 amide bonds. The third kappa shape index (κ3) is 3.87. The van der Waals surface area contributed by atoms with Crippen molar-refractivity contribution in [2.75, 3.05) is 18.9 Å². The molecular weight excluding hydrogens is 434 g/mol. The Morgan fingerprint density at radius 2 is 1.72 bits per heavy atom. The minimum Gasteiger partial charge on any atom is -0.497 e. The zero-order valence-corrected chi connectivity index (χ0v) is 18.0. The fourth-order valence-corrected chi connectivity index (χ4v) is 4.62. The van der Waals surface area contributed by atoms with Crippen LogP contribution in [0.5, 0.6) is 11.5 Å². The minimum atomic E-state index is -4.03. The number of pyridine rings is 1. The molecule has 164 valence electrons. The van der Waals surface area contributed by atoms with Crippen molar-refractivity contribution in [1.82, 2.24) is 9.88 Å². The third-order valence-electron chi connectivity index (χ3n) is 4.93. The Bertz CT molecular complexity index is 1270. The molecule has 2 heterocycles. The first-order chi connectivity index (χ1) is 15.3. The number of sulfonamides is 1. The molecule has 1 N–H and O–H groups in total. The Labute approximate surface area is 184 Å². The molecule has 0 saturated heterocycles. The number of nitrogens with zero attached hydrogens (tertiary/aromatic N) is 2. The summed E-state index contributed by atoms with van der Waals surface area (Å²) in [7, 11) is -1.16. The van der Waals surface area contributed by atoms with Gasteiger partial charge in [0.1, 0.15) is 22.1 Å². The first-order valence-corrected chi connectivity index (χ1v) is 11.0. The molecule has 1 aromatic heterocycles. The smallest absolute Gasteiger partial charge is 0.280 e. The molecule has 32 heavy (non-hydrogen) atoms. The number of methoxy groups -OCH3 is 2. The number of benzene rings is 2. The van der Waals surface area contributed by atoms with E-state index in [9.17, 15) is 18.0 Å². The molecule has 3 aromatic rings. The maximum absolute atomic E-state index is 13.1. The molecule has 0 saturated carbocycles. The van der Waals surface area contributed by atoms with Crippen molar-refractivity contribution >= 4 is 27.5 Å². The second-order valence-corrected chi connectivity index (χ2v) is 8.57. The van der Waals surface area contributed by atoms with Gasteiger partial charge in [0.15, 0.2) is 0 Å². The van der Waals surface area contributed by atoms with Crippen molar-refractivity contribution < 1.29 is 27.5 Å². The van der Waals surface area contributed by atoms with Crippen molar-refractivity contribution in [3.05, 3.63) is 77.6 Å². The molecule has 10 heteroatoms. The monoisotopic (exact) mass is 453 g/mol. The Kier molecular flexibility index (Phi) is 5.54. The normalized spacial score (nSPS) is 13.1. The number of amides is 2. The minimum absolute atomic E-state index is 0.0834. The summed E-state index contributed by atoms with van der Waals surface area (Å²) in [4.78, 5) is 30.1. The van der Waals surface area contributed by atoms with Crippen LogP contribution in [0.2, 0.25) is 0 Å². The summed E-state index contributed by atoms with van der Waals surface area (Å²) >= 11 is 0. The van der Waals surface area contributed by atoms with Crippen LogP contribution in [-0.2, 0) is 16.6 Å². The Hall–Kier alpha value is -3.92. The van der Waals surface area contributed by atoms with Gasteiger partial charge in [-0.3, -0.25) is 24.2 Å². The zero-order chi connectivity index (χ0) is 22.9. The van der Waals surface area contributed by atoms with E-state index in [4.69, 9.17) is 9.47 Å². The number of fused-ring (bicyclic) bond motifs is 1. The number of anilines is 1. The molecule has 0 spiro atoms. The average molecular weight is 453 g/mol. The van der Waals surface area contributed by atoms with Crippen LogP contribution in [0.3, 0.4) is 0 Å². The van der Waals surface area contributed by atoms with E-state index in [1.165, 1.54) is 38.6 Å². The zero-order valence-electron chi connectivity index (χ0n) is 17.2. The Balaban J connectivity index is 1.63. The van der Waals surface area contributed by atoms with E-state index in [2.05, 4.69) is 9.71 Å². The lowest BCUT2D eigenvalue weighted by Crippen LogP contribution is -2.29. The van der Waals surface area contributed by atoms with E-state index in [1.54, 1.807) is 36.4 Å². The number of rotatable bonds is 7. The highest BCUT2D eigenvalue weighted by Gasteiger charge is 2.36. The van der Waals surface area contributed by atoms with Gasteiger partial charge in [0.2, 0.25) is 0 Å². The third-order valence-corrected chi connectivity index (χ3v) is 6.33. The lowest BCUT2D eigenvalue weighted by atomic mass is 10.2. The van der Waals surface area contributed by atoms with Gasteiger partial charge in [-0.2, -0.15) is 0 Å². The van der Waals surface area contributed by atoms with E-state index in [1.807, 2.05) is 0 Å². The van der Waals surface area contributed by atoms with E-state index in [0.29, 0.717) is 17.0 Å². The number of hydrogen-bond donors (Lipinski definition) is 1. The fraction of sp³-hybridized carbons (Fsp3) is 0.136. The number of hydrogen-bond acceptors (Lipinski definition) is 7. The van der Waals surface area contributed by atoms with Crippen molar-refractivity contribution in [3.8, 4) is 11.5 Å². The summed E-state index contributed by atoms with van der Waals surface area (Å²) in [6, 6.07) is 14.0. The molecule has 0 aliphatic carbocycles. The van der Waals surface area contributed by atoms with Crippen LogP contribution in [-0.4, -0.2) is 44.3 Å². The largest absolute Gasteiger partial charge is 0.497 e. The van der Waals surface area contributed by atoms with Crippen LogP contribution < -0.4 is 14.2 Å². The van der Waals surface area contributed by atoms with Crippen LogP contribution in [0, 0.1) is 0 Å². The summed E-state index contributed by atoms with van der Waals surface area (Å²) in [5, 5.41) is 0. The van der Waals surface area contributed by atoms with Crippen molar-refractivity contribution in [2.45, 2.75) is 11.4 Å². The standard InChI is InChI=1S/C22H19N3O6S/c1-30-16-8-6-15(7-9-16)24-32(28,29)19-12-14(5-10-18(19)31-2)13-25-21(26)17-4-3-11-23-20(17)22(25)27/h3-12,24H,13H2,1-2H3. The SMILES string of the molecule is COc1ccc(NS(=O)(=O)c2cc(CN3C(=O)c4cccnc4C3=O)ccc2OC)cc1. The topological polar surface area (TPSA) is 115 Å². The van der Waals surface area contributed by atoms with Gasteiger partial charge in [-0.05, 0) is 54.1 Å². The number of aromatic nitrogens is 1. The number of imide groups is 1. The summed E-state index contributed by atoms with van der Waals surface area (Å²) in [5.41, 5.74) is 1.08. The number of ether oxygens (including phenoxy) is 2. The van der Waals surface area contributed by atoms with E-state index in [0.717, 1.165) is 4.90 Å². The molecule has 9 nitrogen and oxygen atoms in total. The summed E-state index contributed by atoms with van der Waals surface area (Å²) < 4.78 is 38.9. The maximum atomic E-state index is 13.1. The second kappa shape index (κ2) is 8.31. The van der Waals surface area contributed by atoms with Crippen molar-refractivity contribution in [1.29, 1.82) is 0 Å². The van der Waals surface area contributed by atoms with Gasteiger partial charge in [-0.15, -0.1) is 0 Å². The molecule has 1 aliphatic heterocycles. The molecule has 0 bridgehead atoms. The van der Waals surface area contributed by atoms with Gasteiger partial charge in [0.25, 0.3) is 21.8 Å². The highest BCUT2D eigenvalue weighted by Crippen LogP contribution is 2.29. The molecule has 2 aromatic carbocycles. The van der Waals surface area contributed by atoms with Gasteiger partial charge in [-0.25, -0.2) is 8.42 Å². The number of carbonyl (C=O) groups excluding carboxylic acids is 2. The quantitative estimate of drug-likeness (QED) is 0.547. The molecule has 0 fully saturated rings. The van der Waals surface area contributed by atoms with Crippen LogP contribution in [0.15, 0.2) is 65.7 Å². The molecule has 0 radical (unpaired) electrons. The van der Waals surface area contributed by atoms with Gasteiger partial charge >= 0.3 is 0 Å². The fourth-order valence-electron chi connectivity index (χ4n) is 3.34. The van der Waals surface area contributed by atoms with E-state index < -0.39 is 21.8 Å². The molecule has 1 aliphatic rings.